The van der Waals surface area contributed by atoms with Crippen LogP contribution in [-0.2, 0) is 0 Å². The first-order valence-corrected chi connectivity index (χ1v) is 11.1. The van der Waals surface area contributed by atoms with Crippen molar-refractivity contribution in [1.29, 1.82) is 0 Å². The van der Waals surface area contributed by atoms with Gasteiger partial charge in [0.25, 0.3) is 0 Å². The summed E-state index contributed by atoms with van der Waals surface area (Å²) < 4.78 is 2.31. The molecule has 0 aliphatic heterocycles. The third kappa shape index (κ3) is 3.10. The van der Waals surface area contributed by atoms with E-state index in [0.29, 0.717) is 0 Å². The van der Waals surface area contributed by atoms with E-state index < -0.39 is 0 Å². The van der Waals surface area contributed by atoms with Crippen molar-refractivity contribution < 1.29 is 0 Å². The molecule has 0 amide bonds. The average Bonchev–Trinajstić information content (AvgIpc) is 3.20. The standard InChI is InChI=1S/C30H20ClN/c31-27-12-7-13-29-30(27)26-20-24(22-10-5-2-6-11-22)16-19-28(26)32(29)25-17-14-23(15-18-25)21-8-3-1-4-9-21/h1-20H. The van der Waals surface area contributed by atoms with Crippen LogP contribution in [-0.4, -0.2) is 4.57 Å². The summed E-state index contributed by atoms with van der Waals surface area (Å²) in [5.41, 5.74) is 8.22. The van der Waals surface area contributed by atoms with Gasteiger partial charge in [0.2, 0.25) is 0 Å². The molecule has 1 heterocycles. The Kier molecular flexibility index (Phi) is 4.56. The van der Waals surface area contributed by atoms with Gasteiger partial charge in [0, 0.05) is 16.5 Å². The summed E-state index contributed by atoms with van der Waals surface area (Å²) in [5.74, 6) is 0. The molecule has 6 aromatic rings. The van der Waals surface area contributed by atoms with E-state index in [-0.39, 0.29) is 0 Å². The van der Waals surface area contributed by atoms with Gasteiger partial charge in [-0.3, -0.25) is 0 Å². The van der Waals surface area contributed by atoms with Crippen LogP contribution in [0.1, 0.15) is 0 Å². The van der Waals surface area contributed by atoms with E-state index >= 15 is 0 Å². The Bertz CT molecular complexity index is 1550. The zero-order chi connectivity index (χ0) is 21.5. The van der Waals surface area contributed by atoms with Crippen molar-refractivity contribution in [1.82, 2.24) is 4.57 Å². The Balaban J connectivity index is 1.57. The molecule has 32 heavy (non-hydrogen) atoms. The van der Waals surface area contributed by atoms with Crippen molar-refractivity contribution in [2.75, 3.05) is 0 Å². The van der Waals surface area contributed by atoms with E-state index in [0.717, 1.165) is 27.1 Å². The maximum Gasteiger partial charge on any atom is 0.0556 e. The van der Waals surface area contributed by atoms with Gasteiger partial charge in [-0.15, -0.1) is 0 Å². The first-order chi connectivity index (χ1) is 15.8. The van der Waals surface area contributed by atoms with Crippen LogP contribution in [0.3, 0.4) is 0 Å². The van der Waals surface area contributed by atoms with Crippen molar-refractivity contribution in [2.24, 2.45) is 0 Å². The zero-order valence-corrected chi connectivity index (χ0v) is 18.1. The van der Waals surface area contributed by atoms with Gasteiger partial charge in [0.15, 0.2) is 0 Å². The van der Waals surface area contributed by atoms with Crippen molar-refractivity contribution in [3.63, 3.8) is 0 Å². The molecular formula is C30H20ClN. The monoisotopic (exact) mass is 429 g/mol. The van der Waals surface area contributed by atoms with E-state index in [1.54, 1.807) is 0 Å². The summed E-state index contributed by atoms with van der Waals surface area (Å²) in [5, 5.41) is 3.03. The lowest BCUT2D eigenvalue weighted by Gasteiger charge is -2.10. The predicted molar refractivity (Wildman–Crippen MR) is 137 cm³/mol. The molecule has 0 aliphatic carbocycles. The fraction of sp³-hybridized carbons (Fsp3) is 0. The zero-order valence-electron chi connectivity index (χ0n) is 17.4. The first-order valence-electron chi connectivity index (χ1n) is 10.7. The molecule has 152 valence electrons. The number of nitrogens with zero attached hydrogens (tertiary/aromatic N) is 1. The third-order valence-corrected chi connectivity index (χ3v) is 6.39. The van der Waals surface area contributed by atoms with Gasteiger partial charge in [-0.05, 0) is 58.7 Å². The van der Waals surface area contributed by atoms with Crippen LogP contribution in [0.25, 0.3) is 49.7 Å². The Morgan fingerprint density at radius 3 is 1.75 bits per heavy atom. The SMILES string of the molecule is Clc1cccc2c1c1cc(-c3ccccc3)ccc1n2-c1ccc(-c2ccccc2)cc1. The summed E-state index contributed by atoms with van der Waals surface area (Å²) >= 11 is 6.73. The topological polar surface area (TPSA) is 4.93 Å². The average molecular weight is 430 g/mol. The fourth-order valence-corrected chi connectivity index (χ4v) is 4.82. The van der Waals surface area contributed by atoms with Crippen molar-refractivity contribution in [2.45, 2.75) is 0 Å². The lowest BCUT2D eigenvalue weighted by Crippen LogP contribution is -1.93. The van der Waals surface area contributed by atoms with Crippen LogP contribution in [0.15, 0.2) is 121 Å². The Morgan fingerprint density at radius 1 is 0.469 bits per heavy atom. The molecule has 0 spiro atoms. The Morgan fingerprint density at radius 2 is 1.06 bits per heavy atom. The van der Waals surface area contributed by atoms with Gasteiger partial charge in [-0.25, -0.2) is 0 Å². The van der Waals surface area contributed by atoms with Crippen LogP contribution in [0.4, 0.5) is 0 Å². The molecule has 5 aromatic carbocycles. The van der Waals surface area contributed by atoms with E-state index in [4.69, 9.17) is 11.6 Å². The molecule has 0 unspecified atom stereocenters. The predicted octanol–water partition coefficient (Wildman–Crippen LogP) is 8.77. The van der Waals surface area contributed by atoms with Gasteiger partial charge in [-0.1, -0.05) is 96.5 Å². The quantitative estimate of drug-likeness (QED) is 0.265. The van der Waals surface area contributed by atoms with E-state index in [9.17, 15) is 0 Å². The second-order valence-electron chi connectivity index (χ2n) is 7.98. The third-order valence-electron chi connectivity index (χ3n) is 6.08. The molecule has 1 aromatic heterocycles. The molecule has 0 saturated heterocycles. The fourth-order valence-electron chi connectivity index (χ4n) is 4.55. The smallest absolute Gasteiger partial charge is 0.0556 e. The van der Waals surface area contributed by atoms with Crippen LogP contribution < -0.4 is 0 Å². The second-order valence-corrected chi connectivity index (χ2v) is 8.39. The van der Waals surface area contributed by atoms with Crippen molar-refractivity contribution >= 4 is 33.4 Å². The molecule has 0 bridgehead atoms. The molecule has 0 fully saturated rings. The Hall–Kier alpha value is -3.81. The van der Waals surface area contributed by atoms with Gasteiger partial charge in [0.05, 0.1) is 16.1 Å². The maximum atomic E-state index is 6.73. The molecular weight excluding hydrogens is 410 g/mol. The van der Waals surface area contributed by atoms with Gasteiger partial charge in [-0.2, -0.15) is 0 Å². The van der Waals surface area contributed by atoms with E-state index in [1.807, 2.05) is 24.3 Å². The number of hydrogen-bond acceptors (Lipinski definition) is 0. The highest BCUT2D eigenvalue weighted by Gasteiger charge is 2.15. The number of rotatable bonds is 3. The number of hydrogen-bond donors (Lipinski definition) is 0. The molecule has 0 saturated carbocycles. The molecule has 0 radical (unpaired) electrons. The van der Waals surface area contributed by atoms with Gasteiger partial charge in [0.1, 0.15) is 0 Å². The summed E-state index contributed by atoms with van der Waals surface area (Å²) in [6.45, 7) is 0. The highest BCUT2D eigenvalue weighted by molar-refractivity contribution is 6.38. The van der Waals surface area contributed by atoms with Crippen molar-refractivity contribution in [3.05, 3.63) is 126 Å². The Labute approximate surface area is 192 Å². The van der Waals surface area contributed by atoms with Crippen LogP contribution in [0.5, 0.6) is 0 Å². The van der Waals surface area contributed by atoms with E-state index in [1.165, 1.54) is 27.6 Å². The van der Waals surface area contributed by atoms with Crippen LogP contribution in [0.2, 0.25) is 5.02 Å². The molecule has 0 atom stereocenters. The highest BCUT2D eigenvalue weighted by Crippen LogP contribution is 2.38. The number of benzene rings is 5. The van der Waals surface area contributed by atoms with Gasteiger partial charge >= 0.3 is 0 Å². The summed E-state index contributed by atoms with van der Waals surface area (Å²) in [6, 6.07) is 42.5. The molecule has 6 rings (SSSR count). The van der Waals surface area contributed by atoms with Gasteiger partial charge < -0.3 is 4.57 Å². The maximum absolute atomic E-state index is 6.73. The molecule has 0 N–H and O–H groups in total. The normalized spacial score (nSPS) is 11.3. The lowest BCUT2D eigenvalue weighted by molar-refractivity contribution is 1.18. The molecule has 0 aliphatic rings. The minimum Gasteiger partial charge on any atom is -0.309 e. The second kappa shape index (κ2) is 7.71. The number of aromatic nitrogens is 1. The first kappa shape index (κ1) is 18.9. The van der Waals surface area contributed by atoms with Crippen LogP contribution in [0, 0.1) is 0 Å². The van der Waals surface area contributed by atoms with E-state index in [2.05, 4.69) is 102 Å². The summed E-state index contributed by atoms with van der Waals surface area (Å²) in [6.07, 6.45) is 0. The number of halogens is 1. The van der Waals surface area contributed by atoms with Crippen molar-refractivity contribution in [3.8, 4) is 27.9 Å². The summed E-state index contributed by atoms with van der Waals surface area (Å²) in [4.78, 5) is 0. The minimum atomic E-state index is 0.775. The highest BCUT2D eigenvalue weighted by atomic mass is 35.5. The number of fused-ring (bicyclic) bond motifs is 3. The molecule has 2 heteroatoms. The van der Waals surface area contributed by atoms with Crippen LogP contribution >= 0.6 is 11.6 Å². The largest absolute Gasteiger partial charge is 0.309 e. The molecule has 1 nitrogen and oxygen atoms in total. The minimum absolute atomic E-state index is 0.775. The lowest BCUT2D eigenvalue weighted by atomic mass is 10.0. The summed E-state index contributed by atoms with van der Waals surface area (Å²) in [7, 11) is 0.